The van der Waals surface area contributed by atoms with E-state index in [0.29, 0.717) is 12.6 Å². The van der Waals surface area contributed by atoms with Gasteiger partial charge in [0, 0.05) is 25.0 Å². The van der Waals surface area contributed by atoms with E-state index in [-0.39, 0.29) is 0 Å². The van der Waals surface area contributed by atoms with Crippen LogP contribution in [-0.2, 0) is 11.3 Å². The van der Waals surface area contributed by atoms with Gasteiger partial charge in [-0.25, -0.2) is 0 Å². The van der Waals surface area contributed by atoms with Crippen LogP contribution in [-0.4, -0.2) is 25.2 Å². The number of hydrogen-bond acceptors (Lipinski definition) is 4. The molecule has 0 amide bonds. The molecule has 0 N–H and O–H groups in total. The SMILES string of the molecule is COCc1nccc(N(c2ccccc2)C2CCCCC2)c1OC. The second-order valence-corrected chi connectivity index (χ2v) is 6.24. The molecule has 2 aromatic rings. The van der Waals surface area contributed by atoms with Gasteiger partial charge in [-0.15, -0.1) is 0 Å². The van der Waals surface area contributed by atoms with Gasteiger partial charge in [-0.3, -0.25) is 4.98 Å². The van der Waals surface area contributed by atoms with Gasteiger partial charge < -0.3 is 14.4 Å². The van der Waals surface area contributed by atoms with Crippen molar-refractivity contribution in [2.24, 2.45) is 0 Å². The van der Waals surface area contributed by atoms with E-state index >= 15 is 0 Å². The molecule has 3 rings (SSSR count). The van der Waals surface area contributed by atoms with Crippen molar-refractivity contribution in [1.29, 1.82) is 0 Å². The summed E-state index contributed by atoms with van der Waals surface area (Å²) < 4.78 is 11.0. The van der Waals surface area contributed by atoms with Crippen LogP contribution in [0.5, 0.6) is 5.75 Å². The average molecular weight is 326 g/mol. The fourth-order valence-electron chi connectivity index (χ4n) is 3.61. The molecule has 24 heavy (non-hydrogen) atoms. The van der Waals surface area contributed by atoms with Crippen molar-refractivity contribution in [3.05, 3.63) is 48.3 Å². The van der Waals surface area contributed by atoms with Crippen LogP contribution in [0.1, 0.15) is 37.8 Å². The van der Waals surface area contributed by atoms with Gasteiger partial charge in [0.1, 0.15) is 5.69 Å². The number of ether oxygens (including phenoxy) is 2. The Hall–Kier alpha value is -2.07. The number of pyridine rings is 1. The van der Waals surface area contributed by atoms with Crippen LogP contribution < -0.4 is 9.64 Å². The first kappa shape index (κ1) is 16.8. The highest BCUT2D eigenvalue weighted by Gasteiger charge is 2.26. The zero-order valence-electron chi connectivity index (χ0n) is 14.6. The van der Waals surface area contributed by atoms with E-state index in [2.05, 4.69) is 46.3 Å². The molecule has 1 fully saturated rings. The van der Waals surface area contributed by atoms with E-state index in [0.717, 1.165) is 17.1 Å². The van der Waals surface area contributed by atoms with E-state index in [9.17, 15) is 0 Å². The number of hydrogen-bond donors (Lipinski definition) is 0. The molecule has 1 aromatic heterocycles. The zero-order chi connectivity index (χ0) is 16.8. The number of methoxy groups -OCH3 is 2. The van der Waals surface area contributed by atoms with Crippen LogP contribution in [0.4, 0.5) is 11.4 Å². The summed E-state index contributed by atoms with van der Waals surface area (Å²) in [5.41, 5.74) is 3.13. The second-order valence-electron chi connectivity index (χ2n) is 6.24. The first-order chi connectivity index (χ1) is 11.8. The number of anilines is 2. The molecular weight excluding hydrogens is 300 g/mol. The lowest BCUT2D eigenvalue weighted by Gasteiger charge is -2.37. The summed E-state index contributed by atoms with van der Waals surface area (Å²) in [4.78, 5) is 6.87. The van der Waals surface area contributed by atoms with Gasteiger partial charge in [-0.2, -0.15) is 0 Å². The topological polar surface area (TPSA) is 34.6 Å². The van der Waals surface area contributed by atoms with Gasteiger partial charge in [0.2, 0.25) is 0 Å². The Labute approximate surface area is 144 Å². The number of nitrogens with zero attached hydrogens (tertiary/aromatic N) is 2. The van der Waals surface area contributed by atoms with E-state index in [1.54, 1.807) is 14.2 Å². The Morgan fingerprint density at radius 1 is 1.04 bits per heavy atom. The molecule has 1 aromatic carbocycles. The van der Waals surface area contributed by atoms with Crippen LogP contribution >= 0.6 is 0 Å². The second kappa shape index (κ2) is 8.15. The molecule has 0 atom stereocenters. The first-order valence-corrected chi connectivity index (χ1v) is 8.70. The van der Waals surface area contributed by atoms with Crippen molar-refractivity contribution in [3.63, 3.8) is 0 Å². The maximum absolute atomic E-state index is 5.74. The predicted molar refractivity (Wildman–Crippen MR) is 97.0 cm³/mol. The summed E-state index contributed by atoms with van der Waals surface area (Å²) in [5, 5.41) is 0. The molecular formula is C20H26N2O2. The van der Waals surface area contributed by atoms with E-state index < -0.39 is 0 Å². The summed E-state index contributed by atoms with van der Waals surface area (Å²) in [6, 6.07) is 13.1. The number of aromatic nitrogens is 1. The predicted octanol–water partition coefficient (Wildman–Crippen LogP) is 4.71. The van der Waals surface area contributed by atoms with E-state index in [1.807, 2.05) is 6.20 Å². The molecule has 0 aliphatic heterocycles. The lowest BCUT2D eigenvalue weighted by molar-refractivity contribution is 0.178. The highest BCUT2D eigenvalue weighted by Crippen LogP contribution is 2.40. The van der Waals surface area contributed by atoms with Crippen molar-refractivity contribution in [2.75, 3.05) is 19.1 Å². The van der Waals surface area contributed by atoms with E-state index in [4.69, 9.17) is 9.47 Å². The molecule has 0 unspecified atom stereocenters. The third kappa shape index (κ3) is 3.54. The highest BCUT2D eigenvalue weighted by atomic mass is 16.5. The molecule has 1 aliphatic carbocycles. The Morgan fingerprint density at radius 2 is 1.79 bits per heavy atom. The third-order valence-electron chi connectivity index (χ3n) is 4.68. The van der Waals surface area contributed by atoms with Crippen LogP contribution in [0, 0.1) is 0 Å². The molecule has 0 radical (unpaired) electrons. The quantitative estimate of drug-likeness (QED) is 0.770. The Bertz CT molecular complexity index is 639. The van der Waals surface area contributed by atoms with Gasteiger partial charge in [-0.1, -0.05) is 37.5 Å². The third-order valence-corrected chi connectivity index (χ3v) is 4.68. The minimum atomic E-state index is 0.449. The van der Waals surface area contributed by atoms with E-state index in [1.165, 1.54) is 37.8 Å². The Balaban J connectivity index is 2.06. The molecule has 0 saturated heterocycles. The molecule has 4 heteroatoms. The fourth-order valence-corrected chi connectivity index (χ4v) is 3.61. The lowest BCUT2D eigenvalue weighted by Crippen LogP contribution is -2.33. The molecule has 4 nitrogen and oxygen atoms in total. The first-order valence-electron chi connectivity index (χ1n) is 8.70. The summed E-state index contributed by atoms with van der Waals surface area (Å²) in [7, 11) is 3.40. The molecule has 0 spiro atoms. The highest BCUT2D eigenvalue weighted by molar-refractivity contribution is 5.70. The summed E-state index contributed by atoms with van der Waals surface area (Å²) in [6.45, 7) is 0.449. The number of benzene rings is 1. The molecule has 128 valence electrons. The Kier molecular flexibility index (Phi) is 5.70. The maximum Gasteiger partial charge on any atom is 0.166 e. The van der Waals surface area contributed by atoms with Gasteiger partial charge in [0.15, 0.2) is 5.75 Å². The summed E-state index contributed by atoms with van der Waals surface area (Å²) >= 11 is 0. The summed E-state index contributed by atoms with van der Waals surface area (Å²) in [6.07, 6.45) is 8.17. The molecule has 0 bridgehead atoms. The van der Waals surface area contributed by atoms with Crippen LogP contribution in [0.3, 0.4) is 0 Å². The Morgan fingerprint density at radius 3 is 2.46 bits per heavy atom. The van der Waals surface area contributed by atoms with Crippen molar-refractivity contribution >= 4 is 11.4 Å². The number of para-hydroxylation sites is 1. The van der Waals surface area contributed by atoms with Crippen LogP contribution in [0.2, 0.25) is 0 Å². The standard InChI is InChI=1S/C20H26N2O2/c1-23-15-18-20(24-2)19(13-14-21-18)22(16-9-5-3-6-10-16)17-11-7-4-8-12-17/h3,5-6,9-10,13-14,17H,4,7-8,11-12,15H2,1-2H3. The largest absolute Gasteiger partial charge is 0.493 e. The van der Waals surface area contributed by atoms with Crippen molar-refractivity contribution in [1.82, 2.24) is 4.98 Å². The molecule has 1 heterocycles. The molecule has 1 aliphatic rings. The summed E-state index contributed by atoms with van der Waals surface area (Å²) in [5.74, 6) is 0.814. The van der Waals surface area contributed by atoms with Crippen LogP contribution in [0.15, 0.2) is 42.6 Å². The number of rotatable bonds is 6. The minimum absolute atomic E-state index is 0.449. The normalized spacial score (nSPS) is 15.2. The monoisotopic (exact) mass is 326 g/mol. The fraction of sp³-hybridized carbons (Fsp3) is 0.450. The van der Waals surface area contributed by atoms with Crippen molar-refractivity contribution in [3.8, 4) is 5.75 Å². The van der Waals surface area contributed by atoms with Gasteiger partial charge in [0.25, 0.3) is 0 Å². The zero-order valence-corrected chi connectivity index (χ0v) is 14.6. The van der Waals surface area contributed by atoms with Gasteiger partial charge >= 0.3 is 0 Å². The lowest BCUT2D eigenvalue weighted by atomic mass is 9.93. The minimum Gasteiger partial charge on any atom is -0.493 e. The average Bonchev–Trinajstić information content (AvgIpc) is 2.64. The van der Waals surface area contributed by atoms with Crippen molar-refractivity contribution in [2.45, 2.75) is 44.8 Å². The molecule has 1 saturated carbocycles. The van der Waals surface area contributed by atoms with Crippen molar-refractivity contribution < 1.29 is 9.47 Å². The van der Waals surface area contributed by atoms with Gasteiger partial charge in [0.05, 0.1) is 19.4 Å². The van der Waals surface area contributed by atoms with Gasteiger partial charge in [-0.05, 0) is 31.0 Å². The maximum atomic E-state index is 5.74. The van der Waals surface area contributed by atoms with Crippen LogP contribution in [0.25, 0.3) is 0 Å². The smallest absolute Gasteiger partial charge is 0.166 e.